The molecule has 2 atom stereocenters. The summed E-state index contributed by atoms with van der Waals surface area (Å²) in [5, 5.41) is 5.35. The lowest BCUT2D eigenvalue weighted by Gasteiger charge is -2.34. The van der Waals surface area contributed by atoms with Crippen molar-refractivity contribution in [2.24, 2.45) is 0 Å². The van der Waals surface area contributed by atoms with Gasteiger partial charge in [0.25, 0.3) is 0 Å². The maximum absolute atomic E-state index is 12.6. The fourth-order valence-corrected chi connectivity index (χ4v) is 3.71. The van der Waals surface area contributed by atoms with Crippen LogP contribution < -0.4 is 0 Å². The maximum atomic E-state index is 12.6. The van der Waals surface area contributed by atoms with Crippen LogP contribution in [0.1, 0.15) is 36.4 Å². The van der Waals surface area contributed by atoms with Gasteiger partial charge in [0.1, 0.15) is 0 Å². The molecule has 144 valence electrons. The molecule has 1 aliphatic rings. The molecule has 0 spiro atoms. The molecule has 1 fully saturated rings. The van der Waals surface area contributed by atoms with Crippen molar-refractivity contribution in [3.05, 3.63) is 57.9 Å². The van der Waals surface area contributed by atoms with E-state index < -0.39 is 0 Å². The molecule has 0 N–H and O–H groups in total. The number of amides is 1. The largest absolute Gasteiger partial charge is 0.372 e. The molecule has 0 unspecified atom stereocenters. The summed E-state index contributed by atoms with van der Waals surface area (Å²) >= 11 is 6.27. The molecule has 6 heteroatoms. The van der Waals surface area contributed by atoms with Crippen LogP contribution in [0.2, 0.25) is 5.02 Å². The van der Waals surface area contributed by atoms with Crippen molar-refractivity contribution in [2.45, 2.75) is 46.4 Å². The van der Waals surface area contributed by atoms with Gasteiger partial charge < -0.3 is 9.64 Å². The summed E-state index contributed by atoms with van der Waals surface area (Å²) in [5.41, 5.74) is 3.91. The Labute approximate surface area is 165 Å². The third kappa shape index (κ3) is 4.60. The number of morpholine rings is 1. The van der Waals surface area contributed by atoms with Crippen molar-refractivity contribution in [3.8, 4) is 0 Å². The second kappa shape index (κ2) is 8.28. The highest BCUT2D eigenvalue weighted by Gasteiger charge is 2.24. The predicted molar refractivity (Wildman–Crippen MR) is 108 cm³/mol. The molecule has 0 saturated carbocycles. The molecule has 2 heterocycles. The number of aryl methyl sites for hydroxylation is 1. The number of nitrogens with zero attached hydrogens (tertiary/aromatic N) is 3. The van der Waals surface area contributed by atoms with E-state index in [0.717, 1.165) is 27.5 Å². The van der Waals surface area contributed by atoms with Gasteiger partial charge in [-0.05, 0) is 45.4 Å². The zero-order valence-corrected chi connectivity index (χ0v) is 17.0. The first kappa shape index (κ1) is 19.6. The highest BCUT2D eigenvalue weighted by atomic mass is 35.5. The summed E-state index contributed by atoms with van der Waals surface area (Å²) in [6, 6.07) is 7.77. The summed E-state index contributed by atoms with van der Waals surface area (Å²) in [6.07, 6.45) is 3.64. The lowest BCUT2D eigenvalue weighted by Crippen LogP contribution is -2.47. The highest BCUT2D eigenvalue weighted by Crippen LogP contribution is 2.20. The van der Waals surface area contributed by atoms with Crippen LogP contribution in [0, 0.1) is 13.8 Å². The molecule has 1 aromatic carbocycles. The molecule has 0 aliphatic carbocycles. The summed E-state index contributed by atoms with van der Waals surface area (Å²) in [7, 11) is 0. The minimum atomic E-state index is 0.00894. The first-order chi connectivity index (χ1) is 12.8. The van der Waals surface area contributed by atoms with E-state index in [1.807, 2.05) is 67.6 Å². The molecule has 27 heavy (non-hydrogen) atoms. The van der Waals surface area contributed by atoms with Gasteiger partial charge in [-0.15, -0.1) is 0 Å². The predicted octanol–water partition coefficient (Wildman–Crippen LogP) is 3.85. The van der Waals surface area contributed by atoms with E-state index in [0.29, 0.717) is 19.6 Å². The minimum Gasteiger partial charge on any atom is -0.372 e. The zero-order chi connectivity index (χ0) is 19.6. The maximum Gasteiger partial charge on any atom is 0.246 e. The number of aromatic nitrogens is 2. The van der Waals surface area contributed by atoms with Gasteiger partial charge >= 0.3 is 0 Å². The summed E-state index contributed by atoms with van der Waals surface area (Å²) in [6.45, 7) is 9.81. The zero-order valence-electron chi connectivity index (χ0n) is 16.3. The molecule has 1 aliphatic heterocycles. The number of rotatable bonds is 4. The standard InChI is InChI=1S/C21H26ClN3O2/c1-14-11-24(12-15(2)27-14)21(26)10-9-19-16(3)23-25(17(19)4)13-18-7-5-6-8-20(18)22/h5-10,14-15H,11-13H2,1-4H3/b10-9+/t14-,15-/m0/s1. The Balaban J connectivity index is 1.75. The van der Waals surface area contributed by atoms with Gasteiger partial charge in [0.15, 0.2) is 0 Å². The number of hydrogen-bond acceptors (Lipinski definition) is 3. The minimum absolute atomic E-state index is 0.00894. The number of hydrogen-bond donors (Lipinski definition) is 0. The van der Waals surface area contributed by atoms with Gasteiger partial charge in [0.05, 0.1) is 24.4 Å². The van der Waals surface area contributed by atoms with Crippen LogP contribution in [0.3, 0.4) is 0 Å². The van der Waals surface area contributed by atoms with Gasteiger partial charge in [-0.3, -0.25) is 9.48 Å². The first-order valence-corrected chi connectivity index (χ1v) is 9.62. The van der Waals surface area contributed by atoms with E-state index in [-0.39, 0.29) is 18.1 Å². The van der Waals surface area contributed by atoms with Crippen molar-refractivity contribution in [1.29, 1.82) is 0 Å². The van der Waals surface area contributed by atoms with E-state index in [1.165, 1.54) is 0 Å². The Bertz CT molecular complexity index is 849. The summed E-state index contributed by atoms with van der Waals surface area (Å²) in [5.74, 6) is 0.00894. The van der Waals surface area contributed by atoms with Crippen LogP contribution in [0.15, 0.2) is 30.3 Å². The Morgan fingerprint density at radius 2 is 1.93 bits per heavy atom. The Kier molecular flexibility index (Phi) is 6.02. The quantitative estimate of drug-likeness (QED) is 0.748. The average molecular weight is 388 g/mol. The van der Waals surface area contributed by atoms with Crippen LogP contribution in [0.4, 0.5) is 0 Å². The van der Waals surface area contributed by atoms with Gasteiger partial charge in [-0.25, -0.2) is 0 Å². The van der Waals surface area contributed by atoms with Crippen molar-refractivity contribution in [2.75, 3.05) is 13.1 Å². The van der Waals surface area contributed by atoms with Crippen LogP contribution >= 0.6 is 11.6 Å². The molecule has 1 aromatic heterocycles. The molecule has 2 aromatic rings. The monoisotopic (exact) mass is 387 g/mol. The van der Waals surface area contributed by atoms with Crippen molar-refractivity contribution >= 4 is 23.6 Å². The van der Waals surface area contributed by atoms with Crippen LogP contribution in [0.25, 0.3) is 6.08 Å². The summed E-state index contributed by atoms with van der Waals surface area (Å²) in [4.78, 5) is 14.4. The normalized spacial score (nSPS) is 20.4. The van der Waals surface area contributed by atoms with Crippen LogP contribution in [0.5, 0.6) is 0 Å². The molecule has 1 saturated heterocycles. The second-order valence-electron chi connectivity index (χ2n) is 7.17. The Morgan fingerprint density at radius 1 is 1.26 bits per heavy atom. The number of halogens is 1. The van der Waals surface area contributed by atoms with Crippen LogP contribution in [-0.2, 0) is 16.1 Å². The second-order valence-corrected chi connectivity index (χ2v) is 7.57. The number of benzene rings is 1. The molecular formula is C21H26ClN3O2. The van der Waals surface area contributed by atoms with E-state index in [9.17, 15) is 4.79 Å². The summed E-state index contributed by atoms with van der Waals surface area (Å²) < 4.78 is 7.63. The number of ether oxygens (including phenoxy) is 1. The highest BCUT2D eigenvalue weighted by molar-refractivity contribution is 6.31. The molecule has 1 amide bonds. The van der Waals surface area contributed by atoms with E-state index in [4.69, 9.17) is 16.3 Å². The van der Waals surface area contributed by atoms with Crippen molar-refractivity contribution in [3.63, 3.8) is 0 Å². The van der Waals surface area contributed by atoms with E-state index in [2.05, 4.69) is 5.10 Å². The average Bonchev–Trinajstić information content (AvgIpc) is 2.87. The fraction of sp³-hybridized carbons (Fsp3) is 0.429. The van der Waals surface area contributed by atoms with E-state index in [1.54, 1.807) is 6.08 Å². The number of carbonyl (C=O) groups excluding carboxylic acids is 1. The molecule has 0 radical (unpaired) electrons. The van der Waals surface area contributed by atoms with Crippen LogP contribution in [-0.4, -0.2) is 45.9 Å². The topological polar surface area (TPSA) is 47.4 Å². The lowest BCUT2D eigenvalue weighted by atomic mass is 10.1. The first-order valence-electron chi connectivity index (χ1n) is 9.25. The van der Waals surface area contributed by atoms with Gasteiger partial charge in [0.2, 0.25) is 5.91 Å². The third-order valence-electron chi connectivity index (χ3n) is 4.84. The van der Waals surface area contributed by atoms with Crippen molar-refractivity contribution < 1.29 is 9.53 Å². The van der Waals surface area contributed by atoms with Gasteiger partial charge in [-0.2, -0.15) is 5.10 Å². The molecule has 5 nitrogen and oxygen atoms in total. The fourth-order valence-electron chi connectivity index (χ4n) is 3.51. The SMILES string of the molecule is Cc1nn(Cc2ccccc2Cl)c(C)c1/C=C/C(=O)N1C[C@H](C)O[C@@H](C)C1. The lowest BCUT2D eigenvalue weighted by molar-refractivity contribution is -0.137. The third-order valence-corrected chi connectivity index (χ3v) is 5.21. The van der Waals surface area contributed by atoms with Gasteiger partial charge in [0, 0.05) is 35.4 Å². The number of carbonyl (C=O) groups is 1. The Hall–Kier alpha value is -2.11. The van der Waals surface area contributed by atoms with Crippen molar-refractivity contribution in [1.82, 2.24) is 14.7 Å². The molecule has 3 rings (SSSR count). The van der Waals surface area contributed by atoms with Gasteiger partial charge in [-0.1, -0.05) is 29.8 Å². The molecular weight excluding hydrogens is 362 g/mol. The van der Waals surface area contributed by atoms with E-state index >= 15 is 0 Å². The molecule has 0 bridgehead atoms. The smallest absolute Gasteiger partial charge is 0.246 e. The Morgan fingerprint density at radius 3 is 2.59 bits per heavy atom.